The van der Waals surface area contributed by atoms with Crippen LogP contribution < -0.4 is 4.74 Å². The summed E-state index contributed by atoms with van der Waals surface area (Å²) in [7, 11) is 0. The van der Waals surface area contributed by atoms with Gasteiger partial charge in [0.2, 0.25) is 5.88 Å². The Labute approximate surface area is 117 Å². The molecule has 0 saturated carbocycles. The maximum atomic E-state index is 9.15. The molecule has 1 aromatic heterocycles. The van der Waals surface area contributed by atoms with Gasteiger partial charge < -0.3 is 9.84 Å². The Bertz CT molecular complexity index is 611. The molecule has 100 valence electrons. The molecule has 4 heteroatoms. The highest BCUT2D eigenvalue weighted by Crippen LogP contribution is 2.28. The number of pyridine rings is 1. The van der Waals surface area contributed by atoms with Crippen molar-refractivity contribution in [1.29, 1.82) is 0 Å². The van der Waals surface area contributed by atoms with Gasteiger partial charge in [-0.3, -0.25) is 0 Å². The van der Waals surface area contributed by atoms with Crippen LogP contribution in [-0.2, 0) is 6.61 Å². The number of rotatable bonds is 3. The lowest BCUT2D eigenvalue weighted by atomic mass is 10.1. The molecule has 2 rings (SSSR count). The Kier molecular flexibility index (Phi) is 4.08. The molecule has 0 unspecified atom stereocenters. The molecular weight excluding hydrogens is 262 g/mol. The van der Waals surface area contributed by atoms with E-state index in [-0.39, 0.29) is 6.61 Å². The Morgan fingerprint density at radius 1 is 1.21 bits per heavy atom. The number of ether oxygens (including phenoxy) is 1. The Balaban J connectivity index is 2.36. The minimum absolute atomic E-state index is 0.206. The van der Waals surface area contributed by atoms with Crippen LogP contribution in [0.15, 0.2) is 24.3 Å². The lowest BCUT2D eigenvalue weighted by Crippen LogP contribution is -1.97. The van der Waals surface area contributed by atoms with Crippen LogP contribution in [0, 0.1) is 20.8 Å². The highest BCUT2D eigenvalue weighted by Gasteiger charge is 2.08. The lowest BCUT2D eigenvalue weighted by molar-refractivity contribution is 0.275. The molecule has 0 fully saturated rings. The van der Waals surface area contributed by atoms with Crippen molar-refractivity contribution in [2.24, 2.45) is 0 Å². The zero-order valence-corrected chi connectivity index (χ0v) is 12.0. The second kappa shape index (κ2) is 5.59. The maximum absolute atomic E-state index is 9.15. The first-order chi connectivity index (χ1) is 9.01. The van der Waals surface area contributed by atoms with E-state index in [1.807, 2.05) is 26.8 Å². The largest absolute Gasteiger partial charge is 0.439 e. The summed E-state index contributed by atoms with van der Waals surface area (Å²) in [5.74, 6) is 1.21. The van der Waals surface area contributed by atoms with Crippen LogP contribution in [0.4, 0.5) is 0 Å². The summed E-state index contributed by atoms with van der Waals surface area (Å²) in [6.07, 6.45) is 0. The van der Waals surface area contributed by atoms with Gasteiger partial charge in [0.15, 0.2) is 0 Å². The number of hydrogen-bond donors (Lipinski definition) is 1. The Hall–Kier alpha value is -1.58. The van der Waals surface area contributed by atoms with Crippen LogP contribution in [-0.4, -0.2) is 10.1 Å². The van der Waals surface area contributed by atoms with Crippen LogP contribution in [0.2, 0.25) is 5.02 Å². The predicted molar refractivity (Wildman–Crippen MR) is 75.9 cm³/mol. The Morgan fingerprint density at radius 3 is 2.63 bits per heavy atom. The fraction of sp³-hybridized carbons (Fsp3) is 0.267. The van der Waals surface area contributed by atoms with Crippen molar-refractivity contribution >= 4 is 11.6 Å². The number of aryl methyl sites for hydroxylation is 2. The molecule has 2 aromatic rings. The first-order valence-electron chi connectivity index (χ1n) is 6.03. The SMILES string of the molecule is Cc1cc(C)c(C)c(Oc2ccc(Cl)c(CO)n2)c1. The van der Waals surface area contributed by atoms with Gasteiger partial charge in [-0.25, -0.2) is 4.98 Å². The third-order valence-corrected chi connectivity index (χ3v) is 3.37. The molecular formula is C15H16ClNO2. The summed E-state index contributed by atoms with van der Waals surface area (Å²) in [6, 6.07) is 7.44. The van der Waals surface area contributed by atoms with E-state index in [1.54, 1.807) is 12.1 Å². The first-order valence-corrected chi connectivity index (χ1v) is 6.41. The summed E-state index contributed by atoms with van der Waals surface area (Å²) < 4.78 is 5.79. The number of nitrogens with zero attached hydrogens (tertiary/aromatic N) is 1. The normalized spacial score (nSPS) is 10.6. The van der Waals surface area contributed by atoms with Crippen LogP contribution in [0.1, 0.15) is 22.4 Å². The second-order valence-electron chi connectivity index (χ2n) is 4.54. The number of halogens is 1. The molecule has 19 heavy (non-hydrogen) atoms. The highest BCUT2D eigenvalue weighted by atomic mass is 35.5. The molecule has 1 heterocycles. The second-order valence-corrected chi connectivity index (χ2v) is 4.95. The summed E-state index contributed by atoms with van der Waals surface area (Å²) in [6.45, 7) is 5.87. The molecule has 1 aromatic carbocycles. The standard InChI is InChI=1S/C15H16ClNO2/c1-9-6-10(2)11(3)14(7-9)19-15-5-4-12(16)13(8-18)17-15/h4-7,18H,8H2,1-3H3. The van der Waals surface area contributed by atoms with Crippen molar-refractivity contribution in [1.82, 2.24) is 4.98 Å². The lowest BCUT2D eigenvalue weighted by Gasteiger charge is -2.12. The average molecular weight is 278 g/mol. The smallest absolute Gasteiger partial charge is 0.219 e. The van der Waals surface area contributed by atoms with Crippen LogP contribution in [0.25, 0.3) is 0 Å². The molecule has 0 radical (unpaired) electrons. The number of aliphatic hydroxyl groups excluding tert-OH is 1. The highest BCUT2D eigenvalue weighted by molar-refractivity contribution is 6.31. The van der Waals surface area contributed by atoms with E-state index in [1.165, 1.54) is 5.56 Å². The first kappa shape index (κ1) is 13.8. The molecule has 0 aliphatic carbocycles. The van der Waals surface area contributed by atoms with Crippen LogP contribution in [0.5, 0.6) is 11.6 Å². The molecule has 0 amide bonds. The van der Waals surface area contributed by atoms with Gasteiger partial charge in [0, 0.05) is 6.07 Å². The number of benzene rings is 1. The number of hydrogen-bond acceptors (Lipinski definition) is 3. The fourth-order valence-corrected chi connectivity index (χ4v) is 2.02. The minimum Gasteiger partial charge on any atom is -0.439 e. The van der Waals surface area contributed by atoms with Crippen LogP contribution in [0.3, 0.4) is 0 Å². The predicted octanol–water partition coefficient (Wildman–Crippen LogP) is 3.94. The Morgan fingerprint density at radius 2 is 1.95 bits per heavy atom. The van der Waals surface area contributed by atoms with E-state index >= 15 is 0 Å². The van der Waals surface area contributed by atoms with Crippen LogP contribution >= 0.6 is 11.6 Å². The molecule has 1 N–H and O–H groups in total. The van der Waals surface area contributed by atoms with Crippen molar-refractivity contribution in [3.63, 3.8) is 0 Å². The summed E-state index contributed by atoms with van der Waals surface area (Å²) in [5, 5.41) is 9.59. The van der Waals surface area contributed by atoms with E-state index in [9.17, 15) is 0 Å². The fourth-order valence-electron chi connectivity index (χ4n) is 1.85. The average Bonchev–Trinajstić information content (AvgIpc) is 2.37. The van der Waals surface area contributed by atoms with E-state index in [2.05, 4.69) is 11.1 Å². The summed E-state index contributed by atoms with van der Waals surface area (Å²) >= 11 is 5.90. The van der Waals surface area contributed by atoms with Gasteiger partial charge in [-0.2, -0.15) is 0 Å². The topological polar surface area (TPSA) is 42.4 Å². The van der Waals surface area contributed by atoms with Gasteiger partial charge in [0.1, 0.15) is 5.75 Å². The van der Waals surface area contributed by atoms with Gasteiger partial charge in [0.05, 0.1) is 17.3 Å². The monoisotopic (exact) mass is 277 g/mol. The zero-order chi connectivity index (χ0) is 14.0. The summed E-state index contributed by atoms with van der Waals surface area (Å²) in [5.41, 5.74) is 3.80. The molecule has 0 bridgehead atoms. The molecule has 0 atom stereocenters. The zero-order valence-electron chi connectivity index (χ0n) is 11.2. The van der Waals surface area contributed by atoms with E-state index in [0.29, 0.717) is 16.6 Å². The third kappa shape index (κ3) is 3.06. The molecule has 0 spiro atoms. The van der Waals surface area contributed by atoms with E-state index in [4.69, 9.17) is 21.4 Å². The molecule has 0 aliphatic heterocycles. The van der Waals surface area contributed by atoms with Gasteiger partial charge >= 0.3 is 0 Å². The van der Waals surface area contributed by atoms with Gasteiger partial charge in [-0.1, -0.05) is 17.7 Å². The van der Waals surface area contributed by atoms with E-state index in [0.717, 1.165) is 16.9 Å². The molecule has 0 aliphatic rings. The molecule has 0 saturated heterocycles. The van der Waals surface area contributed by atoms with Crippen molar-refractivity contribution < 1.29 is 9.84 Å². The third-order valence-electron chi connectivity index (χ3n) is 3.02. The number of aromatic nitrogens is 1. The minimum atomic E-state index is -0.206. The van der Waals surface area contributed by atoms with E-state index < -0.39 is 0 Å². The quantitative estimate of drug-likeness (QED) is 0.924. The maximum Gasteiger partial charge on any atom is 0.219 e. The van der Waals surface area contributed by atoms with Crippen molar-refractivity contribution in [2.75, 3.05) is 0 Å². The van der Waals surface area contributed by atoms with Crippen molar-refractivity contribution in [3.8, 4) is 11.6 Å². The molecule has 3 nitrogen and oxygen atoms in total. The van der Waals surface area contributed by atoms with Crippen molar-refractivity contribution in [2.45, 2.75) is 27.4 Å². The van der Waals surface area contributed by atoms with Gasteiger partial charge in [0.25, 0.3) is 0 Å². The van der Waals surface area contributed by atoms with Crippen molar-refractivity contribution in [3.05, 3.63) is 51.7 Å². The number of aliphatic hydroxyl groups is 1. The van der Waals surface area contributed by atoms with Gasteiger partial charge in [-0.05, 0) is 49.6 Å². The summed E-state index contributed by atoms with van der Waals surface area (Å²) in [4.78, 5) is 4.18. The van der Waals surface area contributed by atoms with Gasteiger partial charge in [-0.15, -0.1) is 0 Å².